The molecule has 24 heavy (non-hydrogen) atoms. The maximum atomic E-state index is 12.2. The van der Waals surface area contributed by atoms with Gasteiger partial charge in [0.1, 0.15) is 6.54 Å². The van der Waals surface area contributed by atoms with Crippen LogP contribution in [0.15, 0.2) is 0 Å². The van der Waals surface area contributed by atoms with E-state index in [0.29, 0.717) is 12.8 Å². The molecule has 1 saturated heterocycles. The summed E-state index contributed by atoms with van der Waals surface area (Å²) in [6.45, 7) is 0.463. The quantitative estimate of drug-likeness (QED) is 0.551. The van der Waals surface area contributed by atoms with E-state index in [-0.39, 0.29) is 30.3 Å². The van der Waals surface area contributed by atoms with Crippen LogP contribution in [0.5, 0.6) is 0 Å². The van der Waals surface area contributed by atoms with Crippen LogP contribution in [0.1, 0.15) is 32.6 Å². The summed E-state index contributed by atoms with van der Waals surface area (Å²) in [5, 5.41) is 1.86. The predicted molar refractivity (Wildman–Crippen MR) is 78.3 cm³/mol. The van der Waals surface area contributed by atoms with Crippen molar-refractivity contribution in [3.8, 4) is 0 Å². The average Bonchev–Trinajstić information content (AvgIpc) is 2.79. The van der Waals surface area contributed by atoms with Crippen LogP contribution in [0.25, 0.3) is 0 Å². The Balaban J connectivity index is 1.80. The van der Waals surface area contributed by atoms with Crippen LogP contribution in [-0.4, -0.2) is 54.4 Å². The summed E-state index contributed by atoms with van der Waals surface area (Å²) in [6, 6.07) is 0. The lowest BCUT2D eigenvalue weighted by Gasteiger charge is -2.19. The zero-order valence-electron chi connectivity index (χ0n) is 13.4. The molecule has 1 heterocycles. The van der Waals surface area contributed by atoms with Crippen molar-refractivity contribution in [2.75, 3.05) is 19.8 Å². The molecule has 0 spiro atoms. The van der Waals surface area contributed by atoms with E-state index >= 15 is 0 Å². The van der Waals surface area contributed by atoms with E-state index in [4.69, 9.17) is 0 Å². The van der Waals surface area contributed by atoms with E-state index < -0.39 is 31.1 Å². The molecule has 1 aliphatic heterocycles. The molecule has 9 heteroatoms. The van der Waals surface area contributed by atoms with E-state index in [9.17, 15) is 24.0 Å². The molecule has 0 bridgehead atoms. The topological polar surface area (TPSA) is 119 Å². The van der Waals surface area contributed by atoms with E-state index in [1.54, 1.807) is 6.92 Å². The van der Waals surface area contributed by atoms with Crippen molar-refractivity contribution in [3.05, 3.63) is 0 Å². The second-order valence-electron chi connectivity index (χ2n) is 5.69. The summed E-state index contributed by atoms with van der Waals surface area (Å²) >= 11 is 0. The molecule has 1 N–H and O–H groups in total. The Kier molecular flexibility index (Phi) is 5.88. The standard InChI is InChI=1S/C15H20N2O7/c1-2-23-15(22)16-11(18)8-24-12(19)7-17-13(20)9-5-3-4-6-10(9)14(17)21/h9-10H,2-8H2,1H3,(H,16,18,22)/t9-,10+. The SMILES string of the molecule is CCOC(=O)NC(=O)COC(=O)CN1C(=O)[C@H]2CCCC[C@H]2C1=O. The zero-order valence-corrected chi connectivity index (χ0v) is 13.4. The minimum atomic E-state index is -0.937. The number of likely N-dealkylation sites (tertiary alicyclic amines) is 1. The van der Waals surface area contributed by atoms with Crippen LogP contribution in [0.3, 0.4) is 0 Å². The third-order valence-corrected chi connectivity index (χ3v) is 4.10. The van der Waals surface area contributed by atoms with Gasteiger partial charge in [0.15, 0.2) is 6.61 Å². The molecule has 2 aliphatic rings. The summed E-state index contributed by atoms with van der Waals surface area (Å²) in [5.41, 5.74) is 0. The van der Waals surface area contributed by atoms with Crippen molar-refractivity contribution < 1.29 is 33.4 Å². The van der Waals surface area contributed by atoms with Crippen LogP contribution in [-0.2, 0) is 28.7 Å². The van der Waals surface area contributed by atoms with Gasteiger partial charge in [-0.2, -0.15) is 0 Å². The first kappa shape index (κ1) is 17.9. The van der Waals surface area contributed by atoms with Crippen molar-refractivity contribution in [1.29, 1.82) is 0 Å². The third-order valence-electron chi connectivity index (χ3n) is 4.10. The fraction of sp³-hybridized carbons (Fsp3) is 0.667. The van der Waals surface area contributed by atoms with E-state index in [0.717, 1.165) is 17.7 Å². The Bertz CT molecular complexity index is 536. The van der Waals surface area contributed by atoms with Gasteiger partial charge in [-0.05, 0) is 19.8 Å². The lowest BCUT2D eigenvalue weighted by Crippen LogP contribution is -2.39. The van der Waals surface area contributed by atoms with Gasteiger partial charge in [0.25, 0.3) is 5.91 Å². The molecule has 0 radical (unpaired) electrons. The molecule has 0 unspecified atom stereocenters. The first-order chi connectivity index (χ1) is 11.4. The highest BCUT2D eigenvalue weighted by Gasteiger charge is 2.48. The molecule has 9 nitrogen and oxygen atoms in total. The molecule has 0 aromatic heterocycles. The Morgan fingerprint density at radius 3 is 2.21 bits per heavy atom. The Morgan fingerprint density at radius 2 is 1.67 bits per heavy atom. The van der Waals surface area contributed by atoms with Crippen LogP contribution in [0.2, 0.25) is 0 Å². The van der Waals surface area contributed by atoms with Gasteiger partial charge in [-0.25, -0.2) is 4.79 Å². The van der Waals surface area contributed by atoms with Gasteiger partial charge in [-0.1, -0.05) is 12.8 Å². The second kappa shape index (κ2) is 7.89. The first-order valence-corrected chi connectivity index (χ1v) is 7.91. The summed E-state index contributed by atoms with van der Waals surface area (Å²) in [6.07, 6.45) is 2.16. The van der Waals surface area contributed by atoms with Gasteiger partial charge in [0.2, 0.25) is 11.8 Å². The predicted octanol–water partition coefficient (Wildman–Crippen LogP) is -0.0225. The number of hydrogen-bond donors (Lipinski definition) is 1. The highest BCUT2D eigenvalue weighted by atomic mass is 16.6. The van der Waals surface area contributed by atoms with Crippen LogP contribution < -0.4 is 5.32 Å². The molecule has 1 saturated carbocycles. The normalized spacial score (nSPS) is 22.8. The smallest absolute Gasteiger partial charge is 0.413 e. The lowest BCUT2D eigenvalue weighted by atomic mass is 9.81. The molecule has 2 fully saturated rings. The number of amides is 4. The fourth-order valence-corrected chi connectivity index (χ4v) is 3.02. The number of nitrogens with zero attached hydrogens (tertiary/aromatic N) is 1. The average molecular weight is 340 g/mol. The van der Waals surface area contributed by atoms with Crippen molar-refractivity contribution >= 4 is 29.8 Å². The highest BCUT2D eigenvalue weighted by Crippen LogP contribution is 2.37. The number of fused-ring (bicyclic) bond motifs is 1. The number of ether oxygens (including phenoxy) is 2. The van der Waals surface area contributed by atoms with Gasteiger partial charge in [0.05, 0.1) is 18.4 Å². The molecule has 132 valence electrons. The number of hydrogen-bond acceptors (Lipinski definition) is 7. The summed E-state index contributed by atoms with van der Waals surface area (Å²) in [7, 11) is 0. The van der Waals surface area contributed by atoms with Crippen molar-refractivity contribution in [2.45, 2.75) is 32.6 Å². The van der Waals surface area contributed by atoms with Crippen molar-refractivity contribution in [2.24, 2.45) is 11.8 Å². The van der Waals surface area contributed by atoms with Crippen molar-refractivity contribution in [1.82, 2.24) is 10.2 Å². The molecule has 4 amide bonds. The summed E-state index contributed by atoms with van der Waals surface area (Å²) < 4.78 is 9.19. The maximum Gasteiger partial charge on any atom is 0.413 e. The number of rotatable bonds is 5. The molecule has 0 aromatic carbocycles. The molecule has 0 aromatic rings. The van der Waals surface area contributed by atoms with Gasteiger partial charge in [-0.15, -0.1) is 0 Å². The number of carbonyl (C=O) groups excluding carboxylic acids is 5. The Hall–Kier alpha value is -2.45. The molecule has 2 rings (SSSR count). The van der Waals surface area contributed by atoms with Gasteiger partial charge >= 0.3 is 12.1 Å². The first-order valence-electron chi connectivity index (χ1n) is 7.91. The number of alkyl carbamates (subject to hydrolysis) is 1. The monoisotopic (exact) mass is 340 g/mol. The lowest BCUT2D eigenvalue weighted by molar-refractivity contribution is -0.154. The Labute approximate surface area is 138 Å². The van der Waals surface area contributed by atoms with Crippen molar-refractivity contribution in [3.63, 3.8) is 0 Å². The van der Waals surface area contributed by atoms with Gasteiger partial charge in [-0.3, -0.25) is 29.4 Å². The van der Waals surface area contributed by atoms with Crippen LogP contribution in [0, 0.1) is 11.8 Å². The summed E-state index contributed by atoms with van der Waals surface area (Å²) in [4.78, 5) is 59.4. The molecular formula is C15H20N2O7. The van der Waals surface area contributed by atoms with E-state index in [1.165, 1.54) is 0 Å². The van der Waals surface area contributed by atoms with E-state index in [2.05, 4.69) is 9.47 Å². The largest absolute Gasteiger partial charge is 0.454 e. The van der Waals surface area contributed by atoms with Gasteiger partial charge < -0.3 is 9.47 Å². The van der Waals surface area contributed by atoms with Crippen LogP contribution in [0.4, 0.5) is 4.79 Å². The molecular weight excluding hydrogens is 320 g/mol. The van der Waals surface area contributed by atoms with Crippen LogP contribution >= 0.6 is 0 Å². The number of carbonyl (C=O) groups is 5. The third kappa shape index (κ3) is 4.09. The maximum absolute atomic E-state index is 12.2. The minimum absolute atomic E-state index is 0.0976. The molecule has 1 aliphatic carbocycles. The number of esters is 1. The van der Waals surface area contributed by atoms with E-state index in [1.807, 2.05) is 5.32 Å². The zero-order chi connectivity index (χ0) is 17.7. The highest BCUT2D eigenvalue weighted by molar-refractivity contribution is 6.07. The van der Waals surface area contributed by atoms with Gasteiger partial charge in [0, 0.05) is 0 Å². The minimum Gasteiger partial charge on any atom is -0.454 e. The number of imide groups is 2. The number of nitrogens with one attached hydrogen (secondary N) is 1. The Morgan fingerprint density at radius 1 is 1.08 bits per heavy atom. The fourth-order valence-electron chi connectivity index (χ4n) is 3.02. The second-order valence-corrected chi connectivity index (χ2v) is 5.69. The molecule has 2 atom stereocenters. The summed E-state index contributed by atoms with van der Waals surface area (Å²) in [5.74, 6) is -3.11.